The number of oxime groups is 1. The second kappa shape index (κ2) is 3.22. The van der Waals surface area contributed by atoms with Crippen molar-refractivity contribution in [1.29, 1.82) is 0 Å². The average molecular weight is 156 g/mol. The summed E-state index contributed by atoms with van der Waals surface area (Å²) in [6.07, 6.45) is 0. The third-order valence-corrected chi connectivity index (χ3v) is 1.39. The van der Waals surface area contributed by atoms with E-state index in [4.69, 9.17) is 16.8 Å². The molecule has 0 unspecified atom stereocenters. The Morgan fingerprint density at radius 2 is 1.90 bits per heavy atom. The van der Waals surface area contributed by atoms with Crippen molar-refractivity contribution < 1.29 is 5.21 Å². The van der Waals surface area contributed by atoms with Crippen LogP contribution >= 0.6 is 11.6 Å². The number of halogens is 1. The van der Waals surface area contributed by atoms with Gasteiger partial charge in [0, 0.05) is 5.56 Å². The summed E-state index contributed by atoms with van der Waals surface area (Å²) >= 11 is 5.49. The first-order valence-corrected chi connectivity index (χ1v) is 3.15. The number of hydrogen-bond acceptors (Lipinski definition) is 2. The van der Waals surface area contributed by atoms with E-state index in [1.54, 1.807) is 12.1 Å². The van der Waals surface area contributed by atoms with Gasteiger partial charge in [-0.25, -0.2) is 0 Å². The van der Waals surface area contributed by atoms with Gasteiger partial charge in [0.05, 0.1) is 0 Å². The summed E-state index contributed by atoms with van der Waals surface area (Å²) in [4.78, 5) is 0. The third kappa shape index (κ3) is 1.48. The molecule has 0 heterocycles. The third-order valence-electron chi connectivity index (χ3n) is 1.10. The molecule has 0 aliphatic heterocycles. The summed E-state index contributed by atoms with van der Waals surface area (Å²) in [5.74, 6) is 0. The molecule has 1 rings (SSSR count). The maximum atomic E-state index is 8.24. The van der Waals surface area contributed by atoms with Gasteiger partial charge in [0.25, 0.3) is 0 Å². The van der Waals surface area contributed by atoms with E-state index in [1.165, 1.54) is 0 Å². The Hall–Kier alpha value is -1.02. The Bertz CT molecular complexity index is 233. The van der Waals surface area contributed by atoms with Gasteiger partial charge >= 0.3 is 0 Å². The molecular formula is C7H6ClNO. The summed E-state index contributed by atoms with van der Waals surface area (Å²) < 4.78 is 0. The van der Waals surface area contributed by atoms with Crippen molar-refractivity contribution >= 4 is 16.8 Å². The minimum absolute atomic E-state index is 0.112. The average Bonchev–Trinajstić information content (AvgIpc) is 2.05. The highest BCUT2D eigenvalue weighted by Crippen LogP contribution is 2.02. The van der Waals surface area contributed by atoms with Gasteiger partial charge in [-0.2, -0.15) is 0 Å². The molecule has 0 amide bonds. The lowest BCUT2D eigenvalue weighted by Gasteiger charge is -1.91. The zero-order chi connectivity index (χ0) is 7.40. The van der Waals surface area contributed by atoms with Gasteiger partial charge in [0.2, 0.25) is 0 Å². The Morgan fingerprint density at radius 3 is 2.40 bits per heavy atom. The van der Waals surface area contributed by atoms with Crippen LogP contribution in [0.5, 0.6) is 0 Å². The van der Waals surface area contributed by atoms with Crippen LogP contribution in [0.1, 0.15) is 5.56 Å². The molecule has 1 aromatic carbocycles. The lowest BCUT2D eigenvalue weighted by atomic mass is 10.2. The predicted octanol–water partition coefficient (Wildman–Crippen LogP) is 2.06. The van der Waals surface area contributed by atoms with Gasteiger partial charge < -0.3 is 5.21 Å². The number of rotatable bonds is 1. The quantitative estimate of drug-likeness (QED) is 0.376. The number of hydrogen-bond donors (Lipinski definition) is 1. The molecule has 0 aromatic heterocycles. The van der Waals surface area contributed by atoms with E-state index >= 15 is 0 Å². The fourth-order valence-corrected chi connectivity index (χ4v) is 0.759. The Kier molecular flexibility index (Phi) is 2.29. The van der Waals surface area contributed by atoms with Crippen molar-refractivity contribution in [2.24, 2.45) is 5.16 Å². The van der Waals surface area contributed by atoms with Crippen LogP contribution in [0.15, 0.2) is 35.5 Å². The van der Waals surface area contributed by atoms with Crippen LogP contribution in [-0.4, -0.2) is 10.4 Å². The highest BCUT2D eigenvalue weighted by atomic mass is 35.5. The van der Waals surface area contributed by atoms with Crippen molar-refractivity contribution in [1.82, 2.24) is 0 Å². The van der Waals surface area contributed by atoms with Gasteiger partial charge in [-0.1, -0.05) is 47.1 Å². The van der Waals surface area contributed by atoms with Crippen LogP contribution in [0.25, 0.3) is 0 Å². The van der Waals surface area contributed by atoms with Crippen molar-refractivity contribution in [2.75, 3.05) is 0 Å². The molecule has 0 atom stereocenters. The van der Waals surface area contributed by atoms with Crippen molar-refractivity contribution in [3.05, 3.63) is 35.9 Å². The number of nitrogens with zero attached hydrogens (tertiary/aromatic N) is 1. The van der Waals surface area contributed by atoms with E-state index in [0.717, 1.165) is 0 Å². The Labute approximate surface area is 63.7 Å². The van der Waals surface area contributed by atoms with E-state index in [1.807, 2.05) is 18.2 Å². The van der Waals surface area contributed by atoms with Gasteiger partial charge in [-0.3, -0.25) is 0 Å². The van der Waals surface area contributed by atoms with Gasteiger partial charge in [-0.15, -0.1) is 0 Å². The summed E-state index contributed by atoms with van der Waals surface area (Å²) in [5.41, 5.74) is 0.715. The lowest BCUT2D eigenvalue weighted by molar-refractivity contribution is 0.321. The minimum Gasteiger partial charge on any atom is -0.410 e. The van der Waals surface area contributed by atoms with Crippen LogP contribution in [0.4, 0.5) is 0 Å². The molecule has 10 heavy (non-hydrogen) atoms. The maximum absolute atomic E-state index is 8.24. The van der Waals surface area contributed by atoms with E-state index < -0.39 is 0 Å². The first kappa shape index (κ1) is 7.09. The molecule has 2 nitrogen and oxygen atoms in total. The van der Waals surface area contributed by atoms with E-state index in [9.17, 15) is 0 Å². The van der Waals surface area contributed by atoms with Crippen LogP contribution < -0.4 is 0 Å². The number of benzene rings is 1. The first-order valence-electron chi connectivity index (χ1n) is 2.77. The Morgan fingerprint density at radius 1 is 1.30 bits per heavy atom. The van der Waals surface area contributed by atoms with Crippen LogP contribution in [0.3, 0.4) is 0 Å². The standard InChI is InChI=1S/C7H6ClNO/c8-7(9-10)6-4-2-1-3-5-6/h1-5,10H/b9-7+. The topological polar surface area (TPSA) is 32.6 Å². The highest BCUT2D eigenvalue weighted by Gasteiger charge is 1.95. The summed E-state index contributed by atoms with van der Waals surface area (Å²) in [6.45, 7) is 0. The largest absolute Gasteiger partial charge is 0.410 e. The molecule has 3 heteroatoms. The predicted molar refractivity (Wildman–Crippen MR) is 40.6 cm³/mol. The minimum atomic E-state index is 0.112. The molecule has 0 radical (unpaired) electrons. The van der Waals surface area contributed by atoms with Crippen molar-refractivity contribution in [3.8, 4) is 0 Å². The lowest BCUT2D eigenvalue weighted by Crippen LogP contribution is -1.88. The van der Waals surface area contributed by atoms with E-state index in [0.29, 0.717) is 5.56 Å². The summed E-state index contributed by atoms with van der Waals surface area (Å²) in [7, 11) is 0. The highest BCUT2D eigenvalue weighted by molar-refractivity contribution is 6.69. The maximum Gasteiger partial charge on any atom is 0.175 e. The fraction of sp³-hybridized carbons (Fsp3) is 0. The second-order valence-electron chi connectivity index (χ2n) is 1.76. The monoisotopic (exact) mass is 155 g/mol. The van der Waals surface area contributed by atoms with Crippen LogP contribution in [0.2, 0.25) is 0 Å². The van der Waals surface area contributed by atoms with E-state index in [2.05, 4.69) is 5.16 Å². The molecule has 1 aromatic rings. The molecule has 0 fully saturated rings. The molecule has 0 spiro atoms. The SMILES string of the molecule is O/N=C(/Cl)c1ccccc1. The molecule has 0 saturated carbocycles. The zero-order valence-corrected chi connectivity index (χ0v) is 5.92. The van der Waals surface area contributed by atoms with Crippen LogP contribution in [-0.2, 0) is 0 Å². The molecule has 0 aliphatic carbocycles. The molecule has 0 bridgehead atoms. The molecule has 0 saturated heterocycles. The fourth-order valence-electron chi connectivity index (χ4n) is 0.633. The van der Waals surface area contributed by atoms with Gasteiger partial charge in [0.15, 0.2) is 5.17 Å². The first-order chi connectivity index (χ1) is 4.84. The molecular weight excluding hydrogens is 150 g/mol. The molecule has 1 N–H and O–H groups in total. The van der Waals surface area contributed by atoms with Crippen LogP contribution in [0, 0.1) is 0 Å². The van der Waals surface area contributed by atoms with Crippen molar-refractivity contribution in [3.63, 3.8) is 0 Å². The van der Waals surface area contributed by atoms with Crippen molar-refractivity contribution in [2.45, 2.75) is 0 Å². The normalized spacial score (nSPS) is 11.5. The van der Waals surface area contributed by atoms with E-state index in [-0.39, 0.29) is 5.17 Å². The Balaban J connectivity index is 2.96. The molecule has 0 aliphatic rings. The zero-order valence-electron chi connectivity index (χ0n) is 5.16. The summed E-state index contributed by atoms with van der Waals surface area (Å²) in [6, 6.07) is 9.04. The van der Waals surface area contributed by atoms with Gasteiger partial charge in [0.1, 0.15) is 0 Å². The summed E-state index contributed by atoms with van der Waals surface area (Å²) in [5, 5.41) is 11.2. The smallest absolute Gasteiger partial charge is 0.175 e. The second-order valence-corrected chi connectivity index (χ2v) is 2.11. The van der Waals surface area contributed by atoms with Gasteiger partial charge in [-0.05, 0) is 0 Å². The molecule has 52 valence electrons.